The third-order valence-electron chi connectivity index (χ3n) is 1.98. The lowest BCUT2D eigenvalue weighted by molar-refractivity contribution is 0.173. The van der Waals surface area contributed by atoms with Crippen LogP contribution in [0, 0.1) is 0 Å². The number of halogens is 2. The van der Waals surface area contributed by atoms with Crippen LogP contribution in [0.25, 0.3) is 0 Å². The molecule has 1 aromatic carbocycles. The van der Waals surface area contributed by atoms with Crippen molar-refractivity contribution in [3.05, 3.63) is 23.8 Å². The van der Waals surface area contributed by atoms with Crippen LogP contribution in [0.1, 0.15) is 11.7 Å². The Kier molecular flexibility index (Phi) is 2.99. The summed E-state index contributed by atoms with van der Waals surface area (Å²) in [4.78, 5) is 0. The van der Waals surface area contributed by atoms with Crippen molar-refractivity contribution in [1.29, 1.82) is 0 Å². The van der Waals surface area contributed by atoms with Gasteiger partial charge in [0.05, 0.1) is 3.74 Å². The second-order valence-electron chi connectivity index (χ2n) is 2.89. The van der Waals surface area contributed by atoms with Crippen LogP contribution in [-0.2, 0) is 0 Å². The average molecular weight is 324 g/mol. The lowest BCUT2D eigenvalue weighted by atomic mass is 10.1. The van der Waals surface area contributed by atoms with Crippen molar-refractivity contribution in [3.63, 3.8) is 0 Å². The molecule has 14 heavy (non-hydrogen) atoms. The quantitative estimate of drug-likeness (QED) is 0.850. The highest BCUT2D eigenvalue weighted by Gasteiger charge is 2.19. The second kappa shape index (κ2) is 4.08. The Bertz CT molecular complexity index is 341. The molecule has 1 N–H and O–H groups in total. The largest absolute Gasteiger partial charge is 0.454 e. The zero-order chi connectivity index (χ0) is 10.1. The highest BCUT2D eigenvalue weighted by Crippen LogP contribution is 2.36. The molecular weight excluding hydrogens is 316 g/mol. The maximum absolute atomic E-state index is 9.74. The SMILES string of the molecule is OC(c1ccc2c(c1)OCO2)C(Br)Br. The molecule has 1 heterocycles. The molecule has 0 saturated heterocycles. The number of fused-ring (bicyclic) bond motifs is 1. The van der Waals surface area contributed by atoms with Crippen LogP contribution in [0.15, 0.2) is 18.2 Å². The molecule has 0 fully saturated rings. The molecule has 1 atom stereocenters. The van der Waals surface area contributed by atoms with Gasteiger partial charge in [-0.25, -0.2) is 0 Å². The van der Waals surface area contributed by atoms with Gasteiger partial charge in [0.25, 0.3) is 0 Å². The fourth-order valence-corrected chi connectivity index (χ4v) is 1.85. The number of alkyl halides is 2. The number of aliphatic hydroxyl groups excluding tert-OH is 1. The third kappa shape index (κ3) is 1.89. The maximum Gasteiger partial charge on any atom is 0.231 e. The van der Waals surface area contributed by atoms with Crippen LogP contribution in [0.3, 0.4) is 0 Å². The molecule has 2 rings (SSSR count). The summed E-state index contributed by atoms with van der Waals surface area (Å²) in [7, 11) is 0. The molecule has 0 aliphatic carbocycles. The molecule has 0 bridgehead atoms. The minimum absolute atomic E-state index is 0.171. The Morgan fingerprint density at radius 2 is 1.93 bits per heavy atom. The predicted octanol–water partition coefficient (Wildman–Crippen LogP) is 2.56. The van der Waals surface area contributed by atoms with Crippen molar-refractivity contribution < 1.29 is 14.6 Å². The second-order valence-corrected chi connectivity index (χ2v) is 6.09. The number of hydrogen-bond donors (Lipinski definition) is 1. The van der Waals surface area contributed by atoms with Crippen LogP contribution in [0.4, 0.5) is 0 Å². The molecule has 3 nitrogen and oxygen atoms in total. The summed E-state index contributed by atoms with van der Waals surface area (Å²) in [5.41, 5.74) is 0.785. The van der Waals surface area contributed by atoms with Crippen LogP contribution >= 0.6 is 31.9 Å². The normalized spacial score (nSPS) is 16.0. The molecule has 5 heteroatoms. The van der Waals surface area contributed by atoms with Gasteiger partial charge in [0, 0.05) is 0 Å². The molecule has 1 aliphatic rings. The van der Waals surface area contributed by atoms with E-state index in [1.54, 1.807) is 12.1 Å². The van der Waals surface area contributed by atoms with Gasteiger partial charge >= 0.3 is 0 Å². The van der Waals surface area contributed by atoms with Crippen LogP contribution in [0.2, 0.25) is 0 Å². The number of rotatable bonds is 2. The fraction of sp³-hybridized carbons (Fsp3) is 0.333. The van der Waals surface area contributed by atoms with Gasteiger partial charge in [-0.1, -0.05) is 37.9 Å². The minimum atomic E-state index is -0.607. The molecule has 1 aromatic rings. The van der Waals surface area contributed by atoms with E-state index in [-0.39, 0.29) is 10.5 Å². The molecular formula is C9H8Br2O3. The van der Waals surface area contributed by atoms with Crippen molar-refractivity contribution in [2.24, 2.45) is 0 Å². The number of hydrogen-bond acceptors (Lipinski definition) is 3. The van der Waals surface area contributed by atoms with Gasteiger partial charge in [-0.05, 0) is 17.7 Å². The monoisotopic (exact) mass is 322 g/mol. The molecule has 1 unspecified atom stereocenters. The van der Waals surface area contributed by atoms with E-state index in [9.17, 15) is 5.11 Å². The van der Waals surface area contributed by atoms with Crippen molar-refractivity contribution in [1.82, 2.24) is 0 Å². The Morgan fingerprint density at radius 3 is 2.64 bits per heavy atom. The van der Waals surface area contributed by atoms with E-state index in [0.717, 1.165) is 11.3 Å². The third-order valence-corrected chi connectivity index (χ3v) is 2.98. The first kappa shape index (κ1) is 10.3. The van der Waals surface area contributed by atoms with Crippen molar-refractivity contribution in [2.75, 3.05) is 6.79 Å². The number of aliphatic hydroxyl groups is 1. The first-order chi connectivity index (χ1) is 6.68. The van der Waals surface area contributed by atoms with Gasteiger partial charge in [0.2, 0.25) is 6.79 Å². The summed E-state index contributed by atoms with van der Waals surface area (Å²) in [6.45, 7) is 0.251. The van der Waals surface area contributed by atoms with E-state index < -0.39 is 6.10 Å². The Balaban J connectivity index is 2.28. The summed E-state index contributed by atoms with van der Waals surface area (Å²) in [5.74, 6) is 1.41. The number of benzene rings is 1. The molecule has 0 spiro atoms. The van der Waals surface area contributed by atoms with Crippen molar-refractivity contribution >= 4 is 31.9 Å². The van der Waals surface area contributed by atoms with Crippen molar-refractivity contribution in [3.8, 4) is 11.5 Å². The Hall–Kier alpha value is -0.260. The van der Waals surface area contributed by atoms with Crippen LogP contribution < -0.4 is 9.47 Å². The highest BCUT2D eigenvalue weighted by atomic mass is 79.9. The average Bonchev–Trinajstić information content (AvgIpc) is 2.62. The lowest BCUT2D eigenvalue weighted by Crippen LogP contribution is -2.04. The summed E-state index contributed by atoms with van der Waals surface area (Å²) < 4.78 is 10.2. The molecule has 1 aliphatic heterocycles. The molecule has 0 radical (unpaired) electrons. The summed E-state index contributed by atoms with van der Waals surface area (Å²) >= 11 is 6.50. The molecule has 76 valence electrons. The molecule has 0 amide bonds. The minimum Gasteiger partial charge on any atom is -0.454 e. The van der Waals surface area contributed by atoms with E-state index in [1.165, 1.54) is 0 Å². The first-order valence-corrected chi connectivity index (χ1v) is 5.87. The van der Waals surface area contributed by atoms with Gasteiger partial charge < -0.3 is 14.6 Å². The van der Waals surface area contributed by atoms with Crippen LogP contribution in [0.5, 0.6) is 11.5 Å². The lowest BCUT2D eigenvalue weighted by Gasteiger charge is -2.12. The predicted molar refractivity (Wildman–Crippen MR) is 59.2 cm³/mol. The fourth-order valence-electron chi connectivity index (χ4n) is 1.24. The Labute approximate surface area is 98.3 Å². The van der Waals surface area contributed by atoms with Gasteiger partial charge in [-0.15, -0.1) is 0 Å². The zero-order valence-corrected chi connectivity index (χ0v) is 10.3. The van der Waals surface area contributed by atoms with E-state index in [2.05, 4.69) is 31.9 Å². The van der Waals surface area contributed by atoms with Crippen molar-refractivity contribution in [2.45, 2.75) is 9.84 Å². The Morgan fingerprint density at radius 1 is 1.21 bits per heavy atom. The molecule has 0 aromatic heterocycles. The van der Waals surface area contributed by atoms with Gasteiger partial charge in [0.1, 0.15) is 6.10 Å². The maximum atomic E-state index is 9.74. The summed E-state index contributed by atoms with van der Waals surface area (Å²) in [6, 6.07) is 5.39. The zero-order valence-electron chi connectivity index (χ0n) is 7.11. The summed E-state index contributed by atoms with van der Waals surface area (Å²) in [6.07, 6.45) is -0.607. The standard InChI is InChI=1S/C9H8Br2O3/c10-9(11)8(12)5-1-2-6-7(3-5)14-4-13-6/h1-3,8-9,12H,4H2. The van der Waals surface area contributed by atoms with E-state index in [0.29, 0.717) is 5.75 Å². The van der Waals surface area contributed by atoms with Gasteiger partial charge in [-0.2, -0.15) is 0 Å². The topological polar surface area (TPSA) is 38.7 Å². The summed E-state index contributed by atoms with van der Waals surface area (Å²) in [5, 5.41) is 9.74. The molecule has 0 saturated carbocycles. The number of ether oxygens (including phenoxy) is 2. The first-order valence-electron chi connectivity index (χ1n) is 4.04. The van der Waals surface area contributed by atoms with Gasteiger partial charge in [0.15, 0.2) is 11.5 Å². The van der Waals surface area contributed by atoms with E-state index >= 15 is 0 Å². The van der Waals surface area contributed by atoms with Gasteiger partial charge in [-0.3, -0.25) is 0 Å². The van der Waals surface area contributed by atoms with Crippen LogP contribution in [-0.4, -0.2) is 15.6 Å². The van der Waals surface area contributed by atoms with E-state index in [1.807, 2.05) is 6.07 Å². The highest BCUT2D eigenvalue weighted by molar-refractivity contribution is 9.24. The smallest absolute Gasteiger partial charge is 0.231 e. The van der Waals surface area contributed by atoms with E-state index in [4.69, 9.17) is 9.47 Å².